The third-order valence-corrected chi connectivity index (χ3v) is 6.28. The molecule has 4 heterocycles. The molecule has 29 heavy (non-hydrogen) atoms. The lowest BCUT2D eigenvalue weighted by molar-refractivity contribution is -0.136. The molecule has 1 saturated heterocycles. The molecule has 2 aromatic rings. The molecule has 0 spiro atoms. The van der Waals surface area contributed by atoms with Gasteiger partial charge in [-0.1, -0.05) is 18.2 Å². The second-order valence-electron chi connectivity index (χ2n) is 8.27. The number of hydrogen-bond acceptors (Lipinski definition) is 5. The Hall–Kier alpha value is -2.80. The van der Waals surface area contributed by atoms with Crippen LogP contribution >= 0.6 is 0 Å². The Labute approximate surface area is 170 Å². The molecule has 1 N–H and O–H groups in total. The summed E-state index contributed by atoms with van der Waals surface area (Å²) in [7, 11) is 2.10. The average Bonchev–Trinajstić information content (AvgIpc) is 3.22. The van der Waals surface area contributed by atoms with Crippen LogP contribution in [0.3, 0.4) is 0 Å². The first-order chi connectivity index (χ1) is 14.1. The van der Waals surface area contributed by atoms with Crippen LogP contribution < -0.4 is 5.32 Å². The minimum Gasteiger partial charge on any atom is -0.332 e. The summed E-state index contributed by atoms with van der Waals surface area (Å²) in [6, 6.07) is 7.49. The largest absolute Gasteiger partial charge is 0.332 e. The number of amides is 2. The summed E-state index contributed by atoms with van der Waals surface area (Å²) in [5.74, 6) is 0.210. The van der Waals surface area contributed by atoms with Crippen LogP contribution in [-0.2, 0) is 22.6 Å². The van der Waals surface area contributed by atoms with Crippen molar-refractivity contribution in [2.75, 3.05) is 25.5 Å². The quantitative estimate of drug-likeness (QED) is 0.850. The Kier molecular flexibility index (Phi) is 4.54. The Morgan fingerprint density at radius 1 is 1.24 bits per heavy atom. The van der Waals surface area contributed by atoms with E-state index in [0.29, 0.717) is 6.54 Å². The van der Waals surface area contributed by atoms with Crippen LogP contribution in [0.5, 0.6) is 0 Å². The highest BCUT2D eigenvalue weighted by Crippen LogP contribution is 2.38. The van der Waals surface area contributed by atoms with E-state index in [1.165, 1.54) is 5.56 Å². The van der Waals surface area contributed by atoms with E-state index in [-0.39, 0.29) is 24.3 Å². The molecule has 0 saturated carbocycles. The summed E-state index contributed by atoms with van der Waals surface area (Å²) in [5, 5.41) is 2.88. The van der Waals surface area contributed by atoms with E-state index in [4.69, 9.17) is 4.98 Å². The minimum atomic E-state index is -0.438. The van der Waals surface area contributed by atoms with Crippen LogP contribution in [0.25, 0.3) is 0 Å². The van der Waals surface area contributed by atoms with Gasteiger partial charge in [-0.2, -0.15) is 0 Å². The van der Waals surface area contributed by atoms with Crippen molar-refractivity contribution in [1.29, 1.82) is 0 Å². The van der Waals surface area contributed by atoms with Crippen LogP contribution in [0.4, 0.5) is 5.69 Å². The Bertz CT molecular complexity index is 975. The summed E-state index contributed by atoms with van der Waals surface area (Å²) < 4.78 is 0. The van der Waals surface area contributed by atoms with E-state index in [0.717, 1.165) is 55.1 Å². The highest BCUT2D eigenvalue weighted by atomic mass is 16.2. The topological polar surface area (TPSA) is 78.4 Å². The Balaban J connectivity index is 1.43. The maximum Gasteiger partial charge on any atom is 0.231 e. The zero-order chi connectivity index (χ0) is 20.0. The first-order valence-corrected chi connectivity index (χ1v) is 10.3. The molecule has 5 rings (SSSR count). The minimum absolute atomic E-state index is 0.0101. The molecule has 150 valence electrons. The summed E-state index contributed by atoms with van der Waals surface area (Å²) in [4.78, 5) is 39.3. The number of anilines is 1. The van der Waals surface area contributed by atoms with Crippen molar-refractivity contribution < 1.29 is 9.59 Å². The number of likely N-dealkylation sites (tertiary alicyclic amines) is 1. The van der Waals surface area contributed by atoms with E-state index in [1.807, 2.05) is 35.4 Å². The van der Waals surface area contributed by atoms with Gasteiger partial charge in [0.05, 0.1) is 12.0 Å². The molecule has 1 fully saturated rings. The highest BCUT2D eigenvalue weighted by molar-refractivity contribution is 6.01. The molecular weight excluding hydrogens is 366 g/mol. The third-order valence-electron chi connectivity index (χ3n) is 6.28. The maximum absolute atomic E-state index is 13.5. The Morgan fingerprint density at radius 2 is 2.10 bits per heavy atom. The number of fused-ring (bicyclic) bond motifs is 2. The van der Waals surface area contributed by atoms with Crippen molar-refractivity contribution in [2.24, 2.45) is 0 Å². The number of benzene rings is 1. The third kappa shape index (κ3) is 3.29. The summed E-state index contributed by atoms with van der Waals surface area (Å²) in [6.07, 6.45) is 4.83. The smallest absolute Gasteiger partial charge is 0.231 e. The van der Waals surface area contributed by atoms with Gasteiger partial charge in [0.1, 0.15) is 0 Å². The number of nitrogens with zero attached hydrogens (tertiary/aromatic N) is 4. The van der Waals surface area contributed by atoms with Gasteiger partial charge in [0.25, 0.3) is 0 Å². The van der Waals surface area contributed by atoms with E-state index in [2.05, 4.69) is 22.2 Å². The molecule has 1 aromatic heterocycles. The van der Waals surface area contributed by atoms with Crippen LogP contribution in [-0.4, -0.2) is 51.7 Å². The van der Waals surface area contributed by atoms with Crippen molar-refractivity contribution in [3.8, 4) is 0 Å². The molecule has 2 amide bonds. The van der Waals surface area contributed by atoms with E-state index in [1.54, 1.807) is 0 Å². The second kappa shape index (κ2) is 7.22. The summed E-state index contributed by atoms with van der Waals surface area (Å²) in [6.45, 7) is 2.55. The number of likely N-dealkylation sites (N-methyl/N-ethyl adjacent to an activating group) is 1. The number of nitrogens with one attached hydrogen (secondary N) is 1. The maximum atomic E-state index is 13.5. The fourth-order valence-corrected chi connectivity index (χ4v) is 4.76. The average molecular weight is 391 g/mol. The molecule has 7 nitrogen and oxygen atoms in total. The number of carbonyl (C=O) groups excluding carboxylic acids is 2. The van der Waals surface area contributed by atoms with Gasteiger partial charge < -0.3 is 15.1 Å². The predicted octanol–water partition coefficient (Wildman–Crippen LogP) is 2.25. The van der Waals surface area contributed by atoms with Crippen LogP contribution in [0, 0.1) is 0 Å². The number of aromatic nitrogens is 2. The van der Waals surface area contributed by atoms with Crippen molar-refractivity contribution in [1.82, 2.24) is 19.8 Å². The first-order valence-electron chi connectivity index (χ1n) is 10.3. The van der Waals surface area contributed by atoms with Gasteiger partial charge in [-0.05, 0) is 31.5 Å². The molecule has 2 unspecified atom stereocenters. The zero-order valence-corrected chi connectivity index (χ0v) is 16.6. The molecule has 0 bridgehead atoms. The first kappa shape index (κ1) is 18.2. The molecule has 2 atom stereocenters. The van der Waals surface area contributed by atoms with Gasteiger partial charge >= 0.3 is 0 Å². The van der Waals surface area contributed by atoms with E-state index < -0.39 is 5.92 Å². The lowest BCUT2D eigenvalue weighted by Gasteiger charge is -2.31. The number of carbonyl (C=O) groups is 2. The van der Waals surface area contributed by atoms with Crippen molar-refractivity contribution >= 4 is 17.5 Å². The number of para-hydroxylation sites is 1. The lowest BCUT2D eigenvalue weighted by atomic mass is 9.89. The molecule has 1 aromatic carbocycles. The standard InChI is InChI=1S/C22H25N5O2/c1-26-10-8-17-14(13-26)12-23-21(25-17)19-7-4-9-27(19)22(29)16-11-20(28)24-18-6-3-2-5-15(16)18/h2-3,5-6,12,16,19H,4,7-11,13H2,1H3,(H,24,28). The molecule has 0 radical (unpaired) electrons. The highest BCUT2D eigenvalue weighted by Gasteiger charge is 2.39. The predicted molar refractivity (Wildman–Crippen MR) is 108 cm³/mol. The van der Waals surface area contributed by atoms with Crippen LogP contribution in [0.15, 0.2) is 30.5 Å². The van der Waals surface area contributed by atoms with Gasteiger partial charge in [0.2, 0.25) is 11.8 Å². The number of hydrogen-bond donors (Lipinski definition) is 1. The summed E-state index contributed by atoms with van der Waals surface area (Å²) in [5.41, 5.74) is 3.93. The zero-order valence-electron chi connectivity index (χ0n) is 16.6. The molecule has 7 heteroatoms. The van der Waals surface area contributed by atoms with Gasteiger partial charge in [0, 0.05) is 55.6 Å². The van der Waals surface area contributed by atoms with Crippen LogP contribution in [0.2, 0.25) is 0 Å². The van der Waals surface area contributed by atoms with Gasteiger partial charge in [-0.3, -0.25) is 9.59 Å². The number of rotatable bonds is 2. The lowest BCUT2D eigenvalue weighted by Crippen LogP contribution is -2.39. The SMILES string of the molecule is CN1CCc2nc(C3CCCN3C(=O)C3CC(=O)Nc4ccccc43)ncc2C1. The van der Waals surface area contributed by atoms with Gasteiger partial charge in [0.15, 0.2) is 5.82 Å². The molecule has 3 aliphatic rings. The van der Waals surface area contributed by atoms with Crippen molar-refractivity contribution in [2.45, 2.75) is 44.2 Å². The molecule has 0 aliphatic carbocycles. The fourth-order valence-electron chi connectivity index (χ4n) is 4.76. The molecule has 3 aliphatic heterocycles. The monoisotopic (exact) mass is 391 g/mol. The second-order valence-corrected chi connectivity index (χ2v) is 8.27. The summed E-state index contributed by atoms with van der Waals surface area (Å²) >= 11 is 0. The van der Waals surface area contributed by atoms with Crippen molar-refractivity contribution in [3.63, 3.8) is 0 Å². The van der Waals surface area contributed by atoms with Crippen molar-refractivity contribution in [3.05, 3.63) is 53.1 Å². The van der Waals surface area contributed by atoms with Gasteiger partial charge in [-0.25, -0.2) is 9.97 Å². The van der Waals surface area contributed by atoms with E-state index in [9.17, 15) is 9.59 Å². The van der Waals surface area contributed by atoms with Crippen LogP contribution in [0.1, 0.15) is 53.9 Å². The normalized spacial score (nSPS) is 24.0. The Morgan fingerprint density at radius 3 is 3.00 bits per heavy atom. The van der Waals surface area contributed by atoms with E-state index >= 15 is 0 Å². The van der Waals surface area contributed by atoms with Gasteiger partial charge in [-0.15, -0.1) is 0 Å². The fraction of sp³-hybridized carbons (Fsp3) is 0.455. The molecular formula is C22H25N5O2.